The van der Waals surface area contributed by atoms with E-state index in [4.69, 9.17) is 24.7 Å². The monoisotopic (exact) mass is 923 g/mol. The molecule has 19 atom stereocenters. The van der Waals surface area contributed by atoms with Gasteiger partial charge in [0.15, 0.2) is 12.1 Å². The van der Waals surface area contributed by atoms with Gasteiger partial charge >= 0.3 is 11.9 Å². The number of esters is 1. The fourth-order valence-electron chi connectivity index (χ4n) is 7.97. The summed E-state index contributed by atoms with van der Waals surface area (Å²) in [5.41, 5.74) is 6.02. The molecule has 3 aliphatic rings. The lowest BCUT2D eigenvalue weighted by atomic mass is 9.82. The zero-order valence-corrected chi connectivity index (χ0v) is 37.6. The Bertz CT molecular complexity index is 1670. The van der Waals surface area contributed by atoms with Gasteiger partial charge in [-0.2, -0.15) is 0 Å². The van der Waals surface area contributed by atoms with E-state index in [0.29, 0.717) is 0 Å². The maximum atomic E-state index is 12.6. The van der Waals surface area contributed by atoms with Crippen LogP contribution in [-0.2, 0) is 28.5 Å². The Morgan fingerprint density at radius 1 is 0.662 bits per heavy atom. The first-order valence-electron chi connectivity index (χ1n) is 22.3. The molecule has 368 valence electrons. The van der Waals surface area contributed by atoms with E-state index in [1.54, 1.807) is 80.7 Å². The van der Waals surface area contributed by atoms with Crippen LogP contribution in [0, 0.1) is 17.8 Å². The second-order valence-electron chi connectivity index (χ2n) is 17.6. The zero-order chi connectivity index (χ0) is 48.4. The third kappa shape index (κ3) is 18.6. The Balaban J connectivity index is 1.86. The number of fused-ring (bicyclic) bond motifs is 2. The first-order valence-corrected chi connectivity index (χ1v) is 22.3. The van der Waals surface area contributed by atoms with Gasteiger partial charge in [0.05, 0.1) is 79.6 Å². The highest BCUT2D eigenvalue weighted by atomic mass is 16.7. The van der Waals surface area contributed by atoms with Crippen molar-refractivity contribution >= 4 is 11.9 Å². The molecule has 0 saturated carbocycles. The zero-order valence-electron chi connectivity index (χ0n) is 37.6. The normalized spacial score (nSPS) is 45.5. The maximum absolute atomic E-state index is 12.6. The molecule has 0 aromatic carbocycles. The first-order chi connectivity index (χ1) is 30.6. The summed E-state index contributed by atoms with van der Waals surface area (Å²) >= 11 is 0. The highest BCUT2D eigenvalue weighted by Crippen LogP contribution is 2.38. The van der Waals surface area contributed by atoms with Crippen molar-refractivity contribution in [2.24, 2.45) is 23.5 Å². The van der Waals surface area contributed by atoms with E-state index in [2.05, 4.69) is 0 Å². The van der Waals surface area contributed by atoms with Crippen LogP contribution < -0.4 is 5.73 Å². The summed E-state index contributed by atoms with van der Waals surface area (Å²) in [7, 11) is 0. The lowest BCUT2D eigenvalue weighted by molar-refractivity contribution is -0.308. The molecule has 2 saturated heterocycles. The van der Waals surface area contributed by atoms with Gasteiger partial charge in [-0.15, -0.1) is 0 Å². The topological polar surface area (TPSA) is 320 Å². The number of carboxylic acid groups (broad SMARTS) is 1. The summed E-state index contributed by atoms with van der Waals surface area (Å²) in [6, 6.07) is -1.15. The number of rotatable bonds is 3. The van der Waals surface area contributed by atoms with Gasteiger partial charge in [-0.1, -0.05) is 98.9 Å². The van der Waals surface area contributed by atoms with Crippen LogP contribution in [0.15, 0.2) is 85.1 Å². The number of ether oxygens (including phenoxy) is 4. The minimum absolute atomic E-state index is 0.107. The second-order valence-corrected chi connectivity index (χ2v) is 17.6. The number of allylic oxidation sites excluding steroid dienone is 12. The van der Waals surface area contributed by atoms with E-state index >= 15 is 0 Å². The Morgan fingerprint density at radius 2 is 1.23 bits per heavy atom. The first kappa shape index (κ1) is 55.9. The molecule has 0 amide bonds. The molecule has 0 radical (unpaired) electrons. The molecule has 3 aliphatic heterocycles. The average Bonchev–Trinajstić information content (AvgIpc) is 3.21. The van der Waals surface area contributed by atoms with E-state index in [1.165, 1.54) is 13.0 Å². The Hall–Kier alpha value is -3.44. The fraction of sp³-hybridized carbons (Fsp3) is 0.660. The summed E-state index contributed by atoms with van der Waals surface area (Å²) in [6.07, 6.45) is 3.46. The van der Waals surface area contributed by atoms with Crippen LogP contribution in [0.1, 0.15) is 79.1 Å². The van der Waals surface area contributed by atoms with Crippen molar-refractivity contribution < 1.29 is 84.7 Å². The number of aliphatic hydroxyl groups excluding tert-OH is 9. The highest BCUT2D eigenvalue weighted by Gasteiger charge is 2.51. The van der Waals surface area contributed by atoms with Gasteiger partial charge in [0, 0.05) is 37.5 Å². The fourth-order valence-corrected chi connectivity index (χ4v) is 7.97. The van der Waals surface area contributed by atoms with E-state index in [0.717, 1.165) is 0 Å². The van der Waals surface area contributed by atoms with Crippen LogP contribution in [0.3, 0.4) is 0 Å². The summed E-state index contributed by atoms with van der Waals surface area (Å²) in [5, 5.41) is 118. The number of carboxylic acids is 1. The number of cyclic esters (lactones) is 1. The SMILES string of the molecule is C[C@@H]1[C@H](O)[C@@H](C)/C=C/C=C/C=C/C=C/C=C/C=C/C=C/C(O[C@@H]2O[C@H](C)[C@@H](O)C(N)[C@@H]2O)C[C@@H]2O[C@](O)(C[C@@H](O)C[C@@H](O)[C@H](O)CC[C@@H](O)C[C@@H](O)CC(=O)O[C@H]1C)C[C@H](O)[C@H]2C(=O)O. The van der Waals surface area contributed by atoms with Crippen LogP contribution in [0.5, 0.6) is 0 Å². The van der Waals surface area contributed by atoms with Crippen molar-refractivity contribution in [2.75, 3.05) is 0 Å². The number of aliphatic carboxylic acids is 1. The van der Waals surface area contributed by atoms with E-state index < -0.39 is 147 Å². The average molecular weight is 924 g/mol. The molecule has 0 aromatic rings. The third-order valence-electron chi connectivity index (χ3n) is 12.0. The van der Waals surface area contributed by atoms with Crippen molar-refractivity contribution in [1.29, 1.82) is 0 Å². The van der Waals surface area contributed by atoms with Crippen molar-refractivity contribution in [2.45, 2.75) is 177 Å². The molecule has 3 rings (SSSR count). The molecule has 13 N–H and O–H groups in total. The summed E-state index contributed by atoms with van der Waals surface area (Å²) < 4.78 is 23.1. The molecule has 0 aliphatic carbocycles. The van der Waals surface area contributed by atoms with Crippen LogP contribution in [0.2, 0.25) is 0 Å². The summed E-state index contributed by atoms with van der Waals surface area (Å²) in [6.45, 7) is 6.74. The lowest BCUT2D eigenvalue weighted by Crippen LogP contribution is -2.61. The van der Waals surface area contributed by atoms with Crippen molar-refractivity contribution in [1.82, 2.24) is 0 Å². The van der Waals surface area contributed by atoms with Gasteiger partial charge in [0.1, 0.15) is 18.1 Å². The smallest absolute Gasteiger partial charge is 0.311 e. The number of carbonyl (C=O) groups is 2. The third-order valence-corrected chi connectivity index (χ3v) is 12.0. The molecule has 0 spiro atoms. The molecule has 3 heterocycles. The van der Waals surface area contributed by atoms with Gasteiger partial charge in [-0.05, 0) is 33.1 Å². The Morgan fingerprint density at radius 3 is 1.82 bits per heavy atom. The second kappa shape index (κ2) is 27.4. The largest absolute Gasteiger partial charge is 0.481 e. The van der Waals surface area contributed by atoms with Crippen molar-refractivity contribution in [3.63, 3.8) is 0 Å². The molecule has 2 bridgehead atoms. The van der Waals surface area contributed by atoms with Crippen LogP contribution in [0.4, 0.5) is 0 Å². The maximum Gasteiger partial charge on any atom is 0.311 e. The van der Waals surface area contributed by atoms with E-state index in [-0.39, 0.29) is 31.6 Å². The lowest BCUT2D eigenvalue weighted by Gasteiger charge is -2.45. The van der Waals surface area contributed by atoms with Gasteiger partial charge in [0.25, 0.3) is 0 Å². The van der Waals surface area contributed by atoms with Crippen molar-refractivity contribution in [3.8, 4) is 0 Å². The van der Waals surface area contributed by atoms with E-state index in [1.807, 2.05) is 19.1 Å². The van der Waals surface area contributed by atoms with Crippen LogP contribution in [-0.4, -0.2) is 166 Å². The van der Waals surface area contributed by atoms with Gasteiger partial charge in [-0.25, -0.2) is 0 Å². The van der Waals surface area contributed by atoms with Gasteiger partial charge in [0.2, 0.25) is 0 Å². The molecule has 18 heteroatoms. The predicted molar refractivity (Wildman–Crippen MR) is 237 cm³/mol. The molecule has 0 aromatic heterocycles. The minimum atomic E-state index is -2.33. The predicted octanol–water partition coefficient (Wildman–Crippen LogP) is 0.712. The molecular formula is C47H73NO17. The molecule has 2 fully saturated rings. The number of nitrogens with two attached hydrogens (primary N) is 1. The number of aliphatic hydroxyl groups is 10. The molecule has 65 heavy (non-hydrogen) atoms. The van der Waals surface area contributed by atoms with Crippen LogP contribution in [0.25, 0.3) is 0 Å². The quantitative estimate of drug-likeness (QED) is 0.174. The summed E-state index contributed by atoms with van der Waals surface area (Å²) in [4.78, 5) is 25.1. The van der Waals surface area contributed by atoms with Crippen molar-refractivity contribution in [3.05, 3.63) is 85.1 Å². The molecule has 18 nitrogen and oxygen atoms in total. The number of carbonyl (C=O) groups excluding carboxylic acids is 1. The minimum Gasteiger partial charge on any atom is -0.481 e. The van der Waals surface area contributed by atoms with Gasteiger partial charge in [-0.3, -0.25) is 9.59 Å². The Labute approximate surface area is 381 Å². The highest BCUT2D eigenvalue weighted by molar-refractivity contribution is 5.71. The summed E-state index contributed by atoms with van der Waals surface area (Å²) in [5.74, 6) is -6.83. The molecule has 2 unspecified atom stereocenters. The van der Waals surface area contributed by atoms with E-state index in [9.17, 15) is 65.8 Å². The van der Waals surface area contributed by atoms with Crippen LogP contribution >= 0.6 is 0 Å². The Kier molecular flexibility index (Phi) is 23.6. The standard InChI is InChI=1S/C47H73NO17/c1-27-17-15-13-11-9-7-5-6-8-10-12-14-16-18-34(64-46-44(58)41(48)43(57)30(4)63-46)24-38-40(45(59)60)37(54)26-47(61,65-38)25-33(51)22-36(53)35(52)20-19-31(49)21-32(50)23-39(55)62-29(3)28(2)42(27)56/h5-18,27-38,40-44,46,49-54,56-58,61H,19-26,48H2,1-4H3,(H,59,60)/b6-5+,9-7+,10-8+,13-11+,14-12+,17-15+,18-16+/t27-,28-,29-,30+,31+,32+,33-,34?,35+,36+,37-,38-,40+,41?,42+,43+,44-,46-,47+/m0/s1. The number of hydrogen-bond acceptors (Lipinski definition) is 17. The molecular weight excluding hydrogens is 851 g/mol. The number of hydrogen-bond donors (Lipinski definition) is 12. The van der Waals surface area contributed by atoms with Gasteiger partial charge < -0.3 is 80.9 Å².